The zero-order chi connectivity index (χ0) is 21.8. The topological polar surface area (TPSA) is 118 Å². The Morgan fingerprint density at radius 3 is 3.00 bits per heavy atom. The molecule has 0 fully saturated rings. The van der Waals surface area contributed by atoms with E-state index in [0.29, 0.717) is 18.7 Å². The Bertz CT molecular complexity index is 1160. The van der Waals surface area contributed by atoms with E-state index in [-0.39, 0.29) is 29.9 Å². The molecule has 0 radical (unpaired) electrons. The van der Waals surface area contributed by atoms with Gasteiger partial charge in [0.15, 0.2) is 9.92 Å². The third-order valence-corrected chi connectivity index (χ3v) is 7.50. The van der Waals surface area contributed by atoms with Gasteiger partial charge < -0.3 is 14.8 Å². The van der Waals surface area contributed by atoms with Crippen molar-refractivity contribution in [2.45, 2.75) is 55.8 Å². The number of methoxy groups -OCH3 is 1. The quantitative estimate of drug-likeness (QED) is 0.662. The normalized spacial score (nSPS) is 23.3. The number of hydrogen-bond donors (Lipinski definition) is 3. The summed E-state index contributed by atoms with van der Waals surface area (Å²) in [6, 6.07) is 1.29. The molecule has 1 unspecified atom stereocenters. The molecule has 3 aliphatic rings. The zero-order valence-electron chi connectivity index (χ0n) is 17.1. The van der Waals surface area contributed by atoms with Crippen LogP contribution < -0.4 is 14.8 Å². The lowest BCUT2D eigenvalue weighted by atomic mass is 9.99. The first-order chi connectivity index (χ1) is 14.9. The molecule has 3 N–H and O–H groups in total. The Labute approximate surface area is 179 Å². The highest BCUT2D eigenvalue weighted by Gasteiger charge is 2.31. The van der Waals surface area contributed by atoms with Gasteiger partial charge in [0.25, 0.3) is 0 Å². The van der Waals surface area contributed by atoms with E-state index in [9.17, 15) is 13.4 Å². The number of nitrogens with zero attached hydrogens (tertiary/aromatic N) is 2. The van der Waals surface area contributed by atoms with Gasteiger partial charge in [-0.25, -0.2) is 27.6 Å². The molecule has 11 heteroatoms. The fourth-order valence-electron chi connectivity index (χ4n) is 4.66. The van der Waals surface area contributed by atoms with E-state index in [1.165, 1.54) is 10.9 Å². The van der Waals surface area contributed by atoms with Crippen LogP contribution in [0.3, 0.4) is 0 Å². The molecule has 1 aliphatic heterocycles. The van der Waals surface area contributed by atoms with E-state index in [0.717, 1.165) is 41.5 Å². The Balaban J connectivity index is 1.38. The Morgan fingerprint density at radius 2 is 2.19 bits per heavy atom. The van der Waals surface area contributed by atoms with Gasteiger partial charge in [0, 0.05) is 25.6 Å². The molecule has 5 rings (SSSR count). The number of aromatic nitrogens is 2. The van der Waals surface area contributed by atoms with Crippen LogP contribution in [0.25, 0.3) is 0 Å². The van der Waals surface area contributed by atoms with Gasteiger partial charge in [-0.15, -0.1) is 0 Å². The molecule has 2 aliphatic carbocycles. The van der Waals surface area contributed by atoms with Gasteiger partial charge in [0.1, 0.15) is 23.8 Å². The lowest BCUT2D eigenvalue weighted by Gasteiger charge is -2.23. The predicted molar refractivity (Wildman–Crippen MR) is 111 cm³/mol. The molecule has 2 aromatic rings. The van der Waals surface area contributed by atoms with Crippen molar-refractivity contribution in [2.75, 3.05) is 19.0 Å². The second-order valence-corrected chi connectivity index (χ2v) is 9.92. The molecule has 0 bridgehead atoms. The molecule has 31 heavy (non-hydrogen) atoms. The smallest absolute Gasteiger partial charge is 0.331 e. The Morgan fingerprint density at radius 1 is 1.35 bits per heavy atom. The summed E-state index contributed by atoms with van der Waals surface area (Å²) in [7, 11) is -2.17. The first-order valence-corrected chi connectivity index (χ1v) is 11.8. The standard InChI is InChI=1S/C20H24FN5O4S/c1-29-14-9-26-19(30-10-14)17(8-23-26)31(22,28)25-20(27)24-18-15-4-2-3-11(15)5-12-6-13(21)7-16(12)18/h5,8,13-14H,2-4,6-7,9-10H2,1H3,(H3,22,24,25,27,28)/t13-,14-,31?/m0/s1. The minimum absolute atomic E-state index is 0.00421. The molecule has 0 saturated heterocycles. The van der Waals surface area contributed by atoms with Gasteiger partial charge in [0.2, 0.25) is 5.88 Å². The van der Waals surface area contributed by atoms with Gasteiger partial charge in [-0.2, -0.15) is 5.10 Å². The Hall–Kier alpha value is -2.66. The van der Waals surface area contributed by atoms with Crippen molar-refractivity contribution in [3.63, 3.8) is 0 Å². The maximum atomic E-state index is 14.1. The van der Waals surface area contributed by atoms with E-state index >= 15 is 0 Å². The van der Waals surface area contributed by atoms with Crippen LogP contribution in [-0.4, -0.2) is 46.0 Å². The second kappa shape index (κ2) is 7.49. The maximum Gasteiger partial charge on any atom is 0.331 e. The van der Waals surface area contributed by atoms with Crippen LogP contribution in [0, 0.1) is 4.78 Å². The number of urea groups is 1. The van der Waals surface area contributed by atoms with Crippen LogP contribution >= 0.6 is 0 Å². The first kappa shape index (κ1) is 20.3. The molecular formula is C20H24FN5O4S. The van der Waals surface area contributed by atoms with Gasteiger partial charge >= 0.3 is 6.03 Å². The van der Waals surface area contributed by atoms with Crippen molar-refractivity contribution in [2.24, 2.45) is 0 Å². The predicted octanol–water partition coefficient (Wildman–Crippen LogP) is 2.36. The zero-order valence-corrected chi connectivity index (χ0v) is 17.9. The summed E-state index contributed by atoms with van der Waals surface area (Å²) in [5.41, 5.74) is 4.46. The van der Waals surface area contributed by atoms with Crippen LogP contribution in [0.1, 0.15) is 28.7 Å². The number of fused-ring (bicyclic) bond motifs is 3. The molecule has 1 aromatic carbocycles. The number of anilines is 1. The number of aryl methyl sites for hydroxylation is 1. The summed E-state index contributed by atoms with van der Waals surface area (Å²) in [6.45, 7) is 0.643. The van der Waals surface area contributed by atoms with Crippen molar-refractivity contribution in [3.05, 3.63) is 34.5 Å². The maximum absolute atomic E-state index is 14.1. The van der Waals surface area contributed by atoms with Gasteiger partial charge in [-0.1, -0.05) is 6.07 Å². The van der Waals surface area contributed by atoms with E-state index < -0.39 is 22.1 Å². The molecule has 2 heterocycles. The van der Waals surface area contributed by atoms with Gasteiger partial charge in [-0.05, 0) is 41.5 Å². The molecule has 3 atom stereocenters. The van der Waals surface area contributed by atoms with E-state index in [1.807, 2.05) is 0 Å². The number of carbonyl (C=O) groups excluding carboxylic acids is 1. The number of amides is 2. The van der Waals surface area contributed by atoms with Gasteiger partial charge in [0.05, 0.1) is 12.7 Å². The number of alkyl halides is 1. The molecule has 1 aromatic heterocycles. The number of ether oxygens (including phenoxy) is 2. The van der Waals surface area contributed by atoms with Crippen molar-refractivity contribution < 1.29 is 22.9 Å². The van der Waals surface area contributed by atoms with Crippen molar-refractivity contribution >= 4 is 21.6 Å². The van der Waals surface area contributed by atoms with E-state index in [4.69, 9.17) is 14.3 Å². The first-order valence-electron chi connectivity index (χ1n) is 10.2. The number of halogens is 1. The lowest BCUT2D eigenvalue weighted by Crippen LogP contribution is -2.35. The summed E-state index contributed by atoms with van der Waals surface area (Å²) >= 11 is 0. The number of carbonyl (C=O) groups is 1. The number of nitrogens with one attached hydrogen (secondary N) is 3. The van der Waals surface area contributed by atoms with Crippen molar-refractivity contribution in [1.29, 1.82) is 4.78 Å². The third-order valence-electron chi connectivity index (χ3n) is 6.13. The summed E-state index contributed by atoms with van der Waals surface area (Å²) in [5, 5.41) is 6.89. The fraction of sp³-hybridized carbons (Fsp3) is 0.500. The lowest BCUT2D eigenvalue weighted by molar-refractivity contribution is 0.0165. The van der Waals surface area contributed by atoms with E-state index in [2.05, 4.69) is 21.2 Å². The molecule has 0 spiro atoms. The van der Waals surface area contributed by atoms with Gasteiger partial charge in [-0.3, -0.25) is 0 Å². The van der Waals surface area contributed by atoms with Crippen molar-refractivity contribution in [1.82, 2.24) is 14.5 Å². The summed E-state index contributed by atoms with van der Waals surface area (Å²) in [5.74, 6) is 0.190. The van der Waals surface area contributed by atoms with Crippen molar-refractivity contribution in [3.8, 4) is 5.88 Å². The molecule has 9 nitrogen and oxygen atoms in total. The number of hydrogen-bond acceptors (Lipinski definition) is 6. The highest BCUT2D eigenvalue weighted by Crippen LogP contribution is 2.39. The highest BCUT2D eigenvalue weighted by atomic mass is 32.2. The summed E-state index contributed by atoms with van der Waals surface area (Å²) in [6.07, 6.45) is 3.38. The van der Waals surface area contributed by atoms with Crippen LogP contribution in [-0.2, 0) is 46.9 Å². The number of benzene rings is 1. The largest absolute Gasteiger partial charge is 0.474 e. The Kier molecular flexibility index (Phi) is 4.89. The fourth-order valence-corrected chi connectivity index (χ4v) is 5.69. The molecular weight excluding hydrogens is 425 g/mol. The summed E-state index contributed by atoms with van der Waals surface area (Å²) < 4.78 is 50.0. The SMILES string of the molecule is CO[C@@H]1COc2c(S(=N)(=O)NC(=O)Nc3c4c(cc5c3C[C@@H](F)C5)CCC4)cnn2C1. The van der Waals surface area contributed by atoms with Crippen LogP contribution in [0.4, 0.5) is 14.9 Å². The molecule has 0 saturated carbocycles. The monoisotopic (exact) mass is 449 g/mol. The average molecular weight is 450 g/mol. The minimum atomic E-state index is -3.73. The molecule has 166 valence electrons. The molecule has 2 amide bonds. The van der Waals surface area contributed by atoms with E-state index in [1.54, 1.807) is 7.11 Å². The minimum Gasteiger partial charge on any atom is -0.474 e. The van der Waals surface area contributed by atoms with Crippen LogP contribution in [0.15, 0.2) is 17.2 Å². The number of rotatable bonds is 4. The second-order valence-electron chi connectivity index (χ2n) is 8.16. The highest BCUT2D eigenvalue weighted by molar-refractivity contribution is 7.91. The third kappa shape index (κ3) is 3.55. The van der Waals surface area contributed by atoms with Crippen LogP contribution in [0.2, 0.25) is 0 Å². The van der Waals surface area contributed by atoms with Crippen LogP contribution in [0.5, 0.6) is 5.88 Å². The summed E-state index contributed by atoms with van der Waals surface area (Å²) in [4.78, 5) is 12.8. The average Bonchev–Trinajstić information content (AvgIpc) is 3.44.